The van der Waals surface area contributed by atoms with Gasteiger partial charge in [-0.15, -0.1) is 0 Å². The zero-order valence-corrected chi connectivity index (χ0v) is 14.0. The highest BCUT2D eigenvalue weighted by Crippen LogP contribution is 2.22. The number of amides is 1. The lowest BCUT2D eigenvalue weighted by molar-refractivity contribution is -0.121. The van der Waals surface area contributed by atoms with Crippen molar-refractivity contribution in [2.45, 2.75) is 26.8 Å². The van der Waals surface area contributed by atoms with Gasteiger partial charge in [-0.25, -0.2) is 8.42 Å². The molecule has 0 saturated heterocycles. The van der Waals surface area contributed by atoms with Crippen LogP contribution in [0, 0.1) is 19.8 Å². The second-order valence-corrected chi connectivity index (χ2v) is 8.09. The number of H-pyrrole nitrogens is 1. The number of allylic oxidation sites excluding steroid dienone is 1. The molecule has 1 aliphatic rings. The number of carbonyl (C=O) groups is 1. The van der Waals surface area contributed by atoms with E-state index < -0.39 is 9.84 Å². The summed E-state index contributed by atoms with van der Waals surface area (Å²) < 4.78 is 22.7. The molecule has 1 aromatic carbocycles. The molecule has 1 aromatic heterocycles. The fourth-order valence-electron chi connectivity index (χ4n) is 2.90. The van der Waals surface area contributed by atoms with E-state index in [2.05, 4.69) is 23.3 Å². The fraction of sp³-hybridized carbons (Fsp3) is 0.353. The zero-order valence-electron chi connectivity index (χ0n) is 13.2. The van der Waals surface area contributed by atoms with E-state index in [1.807, 2.05) is 19.1 Å². The lowest BCUT2D eigenvalue weighted by Crippen LogP contribution is -2.25. The first-order chi connectivity index (χ1) is 10.8. The van der Waals surface area contributed by atoms with Crippen LogP contribution in [-0.4, -0.2) is 25.1 Å². The smallest absolute Gasteiger partial charge is 0.220 e. The topological polar surface area (TPSA) is 79.0 Å². The van der Waals surface area contributed by atoms with Crippen LogP contribution in [-0.2, 0) is 21.2 Å². The molecule has 0 radical (unpaired) electrons. The maximum absolute atomic E-state index is 12.0. The molecule has 1 unspecified atom stereocenters. The van der Waals surface area contributed by atoms with Gasteiger partial charge in [0.25, 0.3) is 0 Å². The molecule has 1 amide bonds. The molecule has 6 heteroatoms. The summed E-state index contributed by atoms with van der Waals surface area (Å²) in [5.74, 6) is -0.301. The molecule has 1 aliphatic heterocycles. The predicted octanol–water partition coefficient (Wildman–Crippen LogP) is 2.35. The summed E-state index contributed by atoms with van der Waals surface area (Å²) in [4.78, 5) is 15.3. The van der Waals surface area contributed by atoms with Crippen molar-refractivity contribution in [2.24, 2.45) is 5.92 Å². The van der Waals surface area contributed by atoms with E-state index in [-0.39, 0.29) is 24.0 Å². The number of rotatable bonds is 4. The molecular formula is C17H20N2O3S. The summed E-state index contributed by atoms with van der Waals surface area (Å²) in [7, 11) is -3.10. The highest BCUT2D eigenvalue weighted by Gasteiger charge is 2.23. The third-order valence-electron chi connectivity index (χ3n) is 4.31. The third kappa shape index (κ3) is 3.47. The minimum Gasteiger partial charge on any atom is -0.358 e. The average Bonchev–Trinajstić information content (AvgIpc) is 2.97. The zero-order chi connectivity index (χ0) is 16.6. The van der Waals surface area contributed by atoms with E-state index >= 15 is 0 Å². The van der Waals surface area contributed by atoms with Gasteiger partial charge in [-0.3, -0.25) is 4.79 Å². The fourth-order valence-corrected chi connectivity index (χ4v) is 4.30. The van der Waals surface area contributed by atoms with Crippen LogP contribution >= 0.6 is 0 Å². The first-order valence-corrected chi connectivity index (χ1v) is 9.31. The summed E-state index contributed by atoms with van der Waals surface area (Å²) in [6.07, 6.45) is 1.81. The molecule has 2 heterocycles. The van der Waals surface area contributed by atoms with Crippen LogP contribution in [0.3, 0.4) is 0 Å². The Morgan fingerprint density at radius 3 is 2.83 bits per heavy atom. The Morgan fingerprint density at radius 2 is 2.13 bits per heavy atom. The van der Waals surface area contributed by atoms with Crippen molar-refractivity contribution in [3.63, 3.8) is 0 Å². The van der Waals surface area contributed by atoms with Crippen molar-refractivity contribution in [1.29, 1.82) is 0 Å². The van der Waals surface area contributed by atoms with Crippen LogP contribution in [0.1, 0.15) is 23.2 Å². The largest absolute Gasteiger partial charge is 0.358 e. The number of aryl methyl sites for hydroxylation is 2. The summed E-state index contributed by atoms with van der Waals surface area (Å²) in [5.41, 5.74) is 4.49. The monoisotopic (exact) mass is 332 g/mol. The van der Waals surface area contributed by atoms with Gasteiger partial charge in [0.1, 0.15) is 0 Å². The molecule has 23 heavy (non-hydrogen) atoms. The van der Waals surface area contributed by atoms with Gasteiger partial charge in [-0.05, 0) is 37.1 Å². The van der Waals surface area contributed by atoms with Gasteiger partial charge in [0.2, 0.25) is 5.91 Å². The Balaban J connectivity index is 1.61. The summed E-state index contributed by atoms with van der Waals surface area (Å²) in [5, 5.41) is 5.24. The van der Waals surface area contributed by atoms with Crippen molar-refractivity contribution in [3.05, 3.63) is 46.5 Å². The van der Waals surface area contributed by atoms with Crippen molar-refractivity contribution >= 4 is 26.6 Å². The maximum atomic E-state index is 12.0. The van der Waals surface area contributed by atoms with Crippen LogP contribution < -0.4 is 5.32 Å². The molecular weight excluding hydrogens is 312 g/mol. The number of carbonyl (C=O) groups excluding carboxylic acids is 1. The molecule has 0 spiro atoms. The molecule has 1 atom stereocenters. The van der Waals surface area contributed by atoms with Crippen molar-refractivity contribution in [3.8, 4) is 0 Å². The van der Waals surface area contributed by atoms with Gasteiger partial charge in [0, 0.05) is 40.9 Å². The lowest BCUT2D eigenvalue weighted by atomic mass is 10.1. The SMILES string of the molecule is Cc1[nH]c2ccc(CNC(=O)CC3C=CS(=O)(=O)C3)cc2c1C. The minimum atomic E-state index is -3.10. The quantitative estimate of drug-likeness (QED) is 0.902. The molecule has 0 saturated carbocycles. The number of aromatic nitrogens is 1. The van der Waals surface area contributed by atoms with Crippen molar-refractivity contribution in [2.75, 3.05) is 5.75 Å². The first-order valence-electron chi connectivity index (χ1n) is 7.59. The Bertz CT molecular complexity index is 894. The van der Waals surface area contributed by atoms with E-state index in [4.69, 9.17) is 0 Å². The Kier molecular flexibility index (Phi) is 4.02. The van der Waals surface area contributed by atoms with E-state index in [0.717, 1.165) is 16.8 Å². The number of aromatic amines is 1. The van der Waals surface area contributed by atoms with Crippen LogP contribution in [0.5, 0.6) is 0 Å². The maximum Gasteiger partial charge on any atom is 0.220 e. The second-order valence-electron chi connectivity index (χ2n) is 6.15. The molecule has 3 rings (SSSR count). The first kappa shape index (κ1) is 15.8. The van der Waals surface area contributed by atoms with Gasteiger partial charge >= 0.3 is 0 Å². The number of fused-ring (bicyclic) bond motifs is 1. The molecule has 5 nitrogen and oxygen atoms in total. The van der Waals surface area contributed by atoms with Crippen LogP contribution in [0.2, 0.25) is 0 Å². The van der Waals surface area contributed by atoms with E-state index in [1.165, 1.54) is 16.4 Å². The predicted molar refractivity (Wildman–Crippen MR) is 90.7 cm³/mol. The molecule has 0 aliphatic carbocycles. The van der Waals surface area contributed by atoms with Crippen molar-refractivity contribution in [1.82, 2.24) is 10.3 Å². The molecule has 0 bridgehead atoms. The normalized spacial score (nSPS) is 19.3. The number of benzene rings is 1. The van der Waals surface area contributed by atoms with Gasteiger partial charge in [0.05, 0.1) is 5.75 Å². The standard InChI is InChI=1S/C17H20N2O3S/c1-11-12(2)19-16-4-3-13(7-15(11)16)9-18-17(20)8-14-5-6-23(21,22)10-14/h3-7,14,19H,8-10H2,1-2H3,(H,18,20). The van der Waals surface area contributed by atoms with Gasteiger partial charge in [-0.2, -0.15) is 0 Å². The van der Waals surface area contributed by atoms with E-state index in [9.17, 15) is 13.2 Å². The van der Waals surface area contributed by atoms with Gasteiger partial charge in [0.15, 0.2) is 9.84 Å². The highest BCUT2D eigenvalue weighted by molar-refractivity contribution is 7.94. The third-order valence-corrected chi connectivity index (χ3v) is 5.78. The summed E-state index contributed by atoms with van der Waals surface area (Å²) >= 11 is 0. The van der Waals surface area contributed by atoms with Gasteiger partial charge in [-0.1, -0.05) is 12.1 Å². The molecule has 122 valence electrons. The summed E-state index contributed by atoms with van der Waals surface area (Å²) in [6.45, 7) is 4.56. The van der Waals surface area contributed by atoms with Crippen LogP contribution in [0.15, 0.2) is 29.7 Å². The highest BCUT2D eigenvalue weighted by atomic mass is 32.2. The number of hydrogen-bond acceptors (Lipinski definition) is 3. The Morgan fingerprint density at radius 1 is 1.35 bits per heavy atom. The van der Waals surface area contributed by atoms with E-state index in [0.29, 0.717) is 6.54 Å². The lowest BCUT2D eigenvalue weighted by Gasteiger charge is -2.08. The van der Waals surface area contributed by atoms with Crippen LogP contribution in [0.25, 0.3) is 10.9 Å². The number of hydrogen-bond donors (Lipinski definition) is 2. The molecule has 2 aromatic rings. The number of sulfone groups is 1. The van der Waals surface area contributed by atoms with E-state index in [1.54, 1.807) is 6.08 Å². The van der Waals surface area contributed by atoms with Crippen molar-refractivity contribution < 1.29 is 13.2 Å². The second kappa shape index (κ2) is 5.85. The van der Waals surface area contributed by atoms with Crippen LogP contribution in [0.4, 0.5) is 0 Å². The average molecular weight is 332 g/mol. The Labute approximate surface area is 135 Å². The summed E-state index contributed by atoms with van der Waals surface area (Å²) in [6, 6.07) is 6.08. The minimum absolute atomic E-state index is 0.0359. The number of nitrogens with one attached hydrogen (secondary N) is 2. The molecule has 2 N–H and O–H groups in total. The Hall–Kier alpha value is -2.08. The molecule has 0 fully saturated rings. The van der Waals surface area contributed by atoms with Gasteiger partial charge < -0.3 is 10.3 Å².